The summed E-state index contributed by atoms with van der Waals surface area (Å²) in [6.07, 6.45) is 0.946. The molecule has 0 aromatic heterocycles. The lowest BCUT2D eigenvalue weighted by molar-refractivity contribution is -0.150. The largest absolute Gasteiger partial charge is 0.461 e. The quantitative estimate of drug-likeness (QED) is 0.546. The molecule has 3 heteroatoms. The molecule has 0 aliphatic carbocycles. The topological polar surface area (TPSA) is 43.4 Å². The summed E-state index contributed by atoms with van der Waals surface area (Å²) in [6, 6.07) is 9.45. The highest BCUT2D eigenvalue weighted by Crippen LogP contribution is 2.06. The lowest BCUT2D eigenvalue weighted by Gasteiger charge is -2.08. The molecule has 1 aromatic rings. The molecule has 0 aliphatic heterocycles. The summed E-state index contributed by atoms with van der Waals surface area (Å²) in [5.74, 6) is -0.683. The van der Waals surface area contributed by atoms with Crippen molar-refractivity contribution in [2.24, 2.45) is 5.92 Å². The molecule has 0 aliphatic rings. The van der Waals surface area contributed by atoms with Crippen LogP contribution in [0.1, 0.15) is 18.9 Å². The third-order valence-electron chi connectivity index (χ3n) is 2.08. The van der Waals surface area contributed by atoms with Gasteiger partial charge in [0.1, 0.15) is 12.9 Å². The van der Waals surface area contributed by atoms with Gasteiger partial charge in [-0.1, -0.05) is 37.3 Å². The van der Waals surface area contributed by atoms with E-state index < -0.39 is 0 Å². The summed E-state index contributed by atoms with van der Waals surface area (Å²) in [7, 11) is 0. The first-order chi connectivity index (χ1) is 7.24. The van der Waals surface area contributed by atoms with Crippen molar-refractivity contribution < 1.29 is 14.3 Å². The molecule has 1 rings (SSSR count). The number of carbonyl (C=O) groups is 2. The molecule has 1 aromatic carbocycles. The zero-order valence-electron chi connectivity index (χ0n) is 8.68. The highest BCUT2D eigenvalue weighted by Gasteiger charge is 2.13. The minimum atomic E-state index is -0.355. The van der Waals surface area contributed by atoms with Crippen LogP contribution in [-0.4, -0.2) is 12.3 Å². The van der Waals surface area contributed by atoms with Gasteiger partial charge in [-0.2, -0.15) is 0 Å². The molecule has 0 bridgehead atoms. The first-order valence-electron chi connectivity index (χ1n) is 4.88. The molecule has 0 saturated heterocycles. The number of hydrogen-bond acceptors (Lipinski definition) is 3. The van der Waals surface area contributed by atoms with E-state index in [0.717, 1.165) is 11.8 Å². The van der Waals surface area contributed by atoms with Crippen LogP contribution < -0.4 is 0 Å². The minimum absolute atomic E-state index is 0.216. The zero-order valence-corrected chi connectivity index (χ0v) is 8.68. The Morgan fingerprint density at radius 3 is 2.67 bits per heavy atom. The van der Waals surface area contributed by atoms with E-state index >= 15 is 0 Å². The van der Waals surface area contributed by atoms with Gasteiger partial charge in [0, 0.05) is 6.42 Å². The van der Waals surface area contributed by atoms with Crippen LogP contribution in [0.5, 0.6) is 0 Å². The van der Waals surface area contributed by atoms with Gasteiger partial charge in [-0.05, 0) is 5.56 Å². The predicted molar refractivity (Wildman–Crippen MR) is 56.1 cm³/mol. The average Bonchev–Trinajstić information content (AvgIpc) is 2.27. The third kappa shape index (κ3) is 3.94. The van der Waals surface area contributed by atoms with Gasteiger partial charge in [-0.15, -0.1) is 0 Å². The van der Waals surface area contributed by atoms with Crippen molar-refractivity contribution in [2.75, 3.05) is 0 Å². The van der Waals surface area contributed by atoms with Gasteiger partial charge in [0.05, 0.1) is 5.92 Å². The maximum atomic E-state index is 11.3. The SMILES string of the molecule is C[C@@H](CC=O)C(=O)OCc1ccccc1. The van der Waals surface area contributed by atoms with E-state index in [4.69, 9.17) is 4.74 Å². The van der Waals surface area contributed by atoms with Crippen LogP contribution in [0, 0.1) is 5.92 Å². The van der Waals surface area contributed by atoms with Gasteiger partial charge in [-0.25, -0.2) is 0 Å². The zero-order chi connectivity index (χ0) is 11.1. The van der Waals surface area contributed by atoms with E-state index in [2.05, 4.69) is 0 Å². The maximum absolute atomic E-state index is 11.3. The molecular formula is C12H14O3. The second kappa shape index (κ2) is 5.96. The second-order valence-corrected chi connectivity index (χ2v) is 3.40. The van der Waals surface area contributed by atoms with E-state index in [9.17, 15) is 9.59 Å². The molecule has 0 radical (unpaired) electrons. The summed E-state index contributed by atoms with van der Waals surface area (Å²) in [5.41, 5.74) is 0.948. The minimum Gasteiger partial charge on any atom is -0.461 e. The smallest absolute Gasteiger partial charge is 0.309 e. The highest BCUT2D eigenvalue weighted by molar-refractivity contribution is 5.75. The molecule has 1 atom stereocenters. The lowest BCUT2D eigenvalue weighted by Crippen LogP contribution is -2.14. The van der Waals surface area contributed by atoms with Crippen molar-refractivity contribution in [3.8, 4) is 0 Å². The number of benzene rings is 1. The van der Waals surface area contributed by atoms with Gasteiger partial charge in [0.2, 0.25) is 0 Å². The molecule has 0 fully saturated rings. The normalized spacial score (nSPS) is 11.8. The molecule has 0 N–H and O–H groups in total. The van der Waals surface area contributed by atoms with Gasteiger partial charge < -0.3 is 9.53 Å². The first kappa shape index (κ1) is 11.4. The van der Waals surface area contributed by atoms with Crippen molar-refractivity contribution in [2.45, 2.75) is 20.0 Å². The van der Waals surface area contributed by atoms with Crippen molar-refractivity contribution in [1.82, 2.24) is 0 Å². The molecular weight excluding hydrogens is 192 g/mol. The van der Waals surface area contributed by atoms with Crippen LogP contribution >= 0.6 is 0 Å². The van der Waals surface area contributed by atoms with Crippen LogP contribution in [0.15, 0.2) is 30.3 Å². The van der Waals surface area contributed by atoms with Gasteiger partial charge in [-0.3, -0.25) is 4.79 Å². The Morgan fingerprint density at radius 2 is 2.07 bits per heavy atom. The number of esters is 1. The maximum Gasteiger partial charge on any atom is 0.309 e. The second-order valence-electron chi connectivity index (χ2n) is 3.40. The molecule has 80 valence electrons. The molecule has 0 unspecified atom stereocenters. The number of hydrogen-bond donors (Lipinski definition) is 0. The van der Waals surface area contributed by atoms with Gasteiger partial charge in [0.25, 0.3) is 0 Å². The van der Waals surface area contributed by atoms with Crippen molar-refractivity contribution in [3.05, 3.63) is 35.9 Å². The Hall–Kier alpha value is -1.64. The van der Waals surface area contributed by atoms with Crippen LogP contribution in [0.3, 0.4) is 0 Å². The number of rotatable bonds is 5. The van der Waals surface area contributed by atoms with Crippen LogP contribution in [0.25, 0.3) is 0 Å². The molecule has 0 heterocycles. The Kier molecular flexibility index (Phi) is 4.54. The van der Waals surface area contributed by atoms with Gasteiger partial charge >= 0.3 is 5.97 Å². The van der Waals surface area contributed by atoms with Crippen LogP contribution in [0.2, 0.25) is 0 Å². The van der Waals surface area contributed by atoms with Crippen molar-refractivity contribution in [3.63, 3.8) is 0 Å². The van der Waals surface area contributed by atoms with Crippen LogP contribution in [-0.2, 0) is 20.9 Å². The summed E-state index contributed by atoms with van der Waals surface area (Å²) in [4.78, 5) is 21.5. The van der Waals surface area contributed by atoms with E-state index in [1.165, 1.54) is 0 Å². The molecule has 3 nitrogen and oxygen atoms in total. The molecule has 15 heavy (non-hydrogen) atoms. The first-order valence-corrected chi connectivity index (χ1v) is 4.88. The van der Waals surface area contributed by atoms with E-state index in [1.54, 1.807) is 6.92 Å². The predicted octanol–water partition coefficient (Wildman–Crippen LogP) is 1.95. The summed E-state index contributed by atoms with van der Waals surface area (Å²) < 4.78 is 5.04. The monoisotopic (exact) mass is 206 g/mol. The molecule has 0 saturated carbocycles. The molecule has 0 amide bonds. The fourth-order valence-electron chi connectivity index (χ4n) is 1.11. The third-order valence-corrected chi connectivity index (χ3v) is 2.08. The lowest BCUT2D eigenvalue weighted by atomic mass is 10.1. The summed E-state index contributed by atoms with van der Waals surface area (Å²) >= 11 is 0. The fraction of sp³-hybridized carbons (Fsp3) is 0.333. The Morgan fingerprint density at radius 1 is 1.40 bits per heavy atom. The van der Waals surface area contributed by atoms with Crippen LogP contribution in [0.4, 0.5) is 0 Å². The van der Waals surface area contributed by atoms with Crippen molar-refractivity contribution in [1.29, 1.82) is 0 Å². The Balaban J connectivity index is 2.37. The van der Waals surface area contributed by atoms with E-state index in [1.807, 2.05) is 30.3 Å². The Labute approximate surface area is 89.1 Å². The average molecular weight is 206 g/mol. The molecule has 0 spiro atoms. The summed E-state index contributed by atoms with van der Waals surface area (Å²) in [6.45, 7) is 1.95. The highest BCUT2D eigenvalue weighted by atomic mass is 16.5. The van der Waals surface area contributed by atoms with Gasteiger partial charge in [0.15, 0.2) is 0 Å². The number of ether oxygens (including phenoxy) is 1. The Bertz CT molecular complexity index is 319. The van der Waals surface area contributed by atoms with E-state index in [-0.39, 0.29) is 24.9 Å². The number of carbonyl (C=O) groups excluding carboxylic acids is 2. The number of aldehydes is 1. The standard InChI is InChI=1S/C12H14O3/c1-10(7-8-13)12(14)15-9-11-5-3-2-4-6-11/h2-6,8,10H,7,9H2,1H3/t10-/m0/s1. The van der Waals surface area contributed by atoms with E-state index in [0.29, 0.717) is 0 Å². The summed E-state index contributed by atoms with van der Waals surface area (Å²) in [5, 5.41) is 0. The fourth-order valence-corrected chi connectivity index (χ4v) is 1.11. The van der Waals surface area contributed by atoms with Crippen molar-refractivity contribution >= 4 is 12.3 Å².